The molecule has 18 heavy (non-hydrogen) atoms. The summed E-state index contributed by atoms with van der Waals surface area (Å²) in [7, 11) is 0. The van der Waals surface area contributed by atoms with E-state index in [1.165, 1.54) is 31.2 Å². The number of rotatable bonds is 8. The Hall–Kier alpha value is -0.930. The van der Waals surface area contributed by atoms with Gasteiger partial charge in [0.05, 0.1) is 0 Å². The van der Waals surface area contributed by atoms with Crippen molar-refractivity contribution in [1.29, 1.82) is 0 Å². The van der Waals surface area contributed by atoms with E-state index in [9.17, 15) is 0 Å². The second kappa shape index (κ2) is 8.22. The van der Waals surface area contributed by atoms with Crippen LogP contribution in [-0.4, -0.2) is 4.98 Å². The molecule has 0 amide bonds. The van der Waals surface area contributed by atoms with E-state index in [1.807, 2.05) is 19.2 Å². The van der Waals surface area contributed by atoms with Gasteiger partial charge in [-0.2, -0.15) is 0 Å². The van der Waals surface area contributed by atoms with Crippen molar-refractivity contribution < 1.29 is 0 Å². The minimum absolute atomic E-state index is 0.222. The standard InChI is InChI=1S/C15H27N3/c1-4-6-7-13(5-2)10-15(18-16)14-9-8-12(3)17-11-14/h8-9,11,13,15,18H,4-7,10,16H2,1-3H3. The molecule has 0 aliphatic rings. The van der Waals surface area contributed by atoms with Gasteiger partial charge in [0.1, 0.15) is 0 Å². The van der Waals surface area contributed by atoms with Gasteiger partial charge in [0.25, 0.3) is 0 Å². The molecule has 0 bridgehead atoms. The molecule has 3 heteroatoms. The van der Waals surface area contributed by atoms with E-state index in [0.29, 0.717) is 0 Å². The number of unbranched alkanes of at least 4 members (excludes halogenated alkanes) is 1. The Bertz CT molecular complexity index is 321. The smallest absolute Gasteiger partial charge is 0.0477 e. The highest BCUT2D eigenvalue weighted by molar-refractivity contribution is 5.17. The monoisotopic (exact) mass is 249 g/mol. The van der Waals surface area contributed by atoms with Crippen LogP contribution in [0.2, 0.25) is 0 Å². The Kier molecular flexibility index (Phi) is 6.91. The lowest BCUT2D eigenvalue weighted by Gasteiger charge is -2.22. The Morgan fingerprint density at radius 3 is 2.61 bits per heavy atom. The first kappa shape index (κ1) is 15.1. The highest BCUT2D eigenvalue weighted by atomic mass is 15.2. The first-order valence-corrected chi connectivity index (χ1v) is 7.09. The van der Waals surface area contributed by atoms with Crippen molar-refractivity contribution in [3.05, 3.63) is 29.6 Å². The Morgan fingerprint density at radius 1 is 1.33 bits per heavy atom. The fraction of sp³-hybridized carbons (Fsp3) is 0.667. The largest absolute Gasteiger partial charge is 0.271 e. The van der Waals surface area contributed by atoms with Gasteiger partial charge in [0.2, 0.25) is 0 Å². The molecular weight excluding hydrogens is 222 g/mol. The van der Waals surface area contributed by atoms with Crippen molar-refractivity contribution in [2.75, 3.05) is 0 Å². The van der Waals surface area contributed by atoms with Crippen molar-refractivity contribution in [3.8, 4) is 0 Å². The molecule has 1 aromatic heterocycles. The Balaban J connectivity index is 2.62. The number of hydrazine groups is 1. The molecule has 3 N–H and O–H groups in total. The summed E-state index contributed by atoms with van der Waals surface area (Å²) in [5, 5.41) is 0. The number of pyridine rings is 1. The SMILES string of the molecule is CCCCC(CC)CC(NN)c1ccc(C)nc1. The van der Waals surface area contributed by atoms with E-state index < -0.39 is 0 Å². The van der Waals surface area contributed by atoms with E-state index in [4.69, 9.17) is 5.84 Å². The van der Waals surface area contributed by atoms with Crippen LogP contribution in [-0.2, 0) is 0 Å². The minimum atomic E-state index is 0.222. The van der Waals surface area contributed by atoms with E-state index in [2.05, 4.69) is 30.3 Å². The van der Waals surface area contributed by atoms with E-state index in [-0.39, 0.29) is 6.04 Å². The lowest BCUT2D eigenvalue weighted by Crippen LogP contribution is -2.29. The van der Waals surface area contributed by atoms with Gasteiger partial charge >= 0.3 is 0 Å². The number of aryl methyl sites for hydroxylation is 1. The molecule has 3 nitrogen and oxygen atoms in total. The van der Waals surface area contributed by atoms with Crippen molar-refractivity contribution in [3.63, 3.8) is 0 Å². The van der Waals surface area contributed by atoms with Crippen molar-refractivity contribution in [2.45, 2.75) is 58.9 Å². The van der Waals surface area contributed by atoms with Gasteiger partial charge in [-0.05, 0) is 30.9 Å². The minimum Gasteiger partial charge on any atom is -0.271 e. The third-order valence-electron chi connectivity index (χ3n) is 3.65. The summed E-state index contributed by atoms with van der Waals surface area (Å²) >= 11 is 0. The fourth-order valence-electron chi connectivity index (χ4n) is 2.30. The number of nitrogens with one attached hydrogen (secondary N) is 1. The molecule has 1 aromatic rings. The van der Waals surface area contributed by atoms with Crippen LogP contribution >= 0.6 is 0 Å². The molecular formula is C15H27N3. The summed E-state index contributed by atoms with van der Waals surface area (Å²) in [6.07, 6.45) is 8.12. The quantitative estimate of drug-likeness (QED) is 0.547. The van der Waals surface area contributed by atoms with E-state index in [1.54, 1.807) is 0 Å². The molecule has 1 heterocycles. The predicted molar refractivity (Wildman–Crippen MR) is 77.0 cm³/mol. The van der Waals surface area contributed by atoms with Crippen LogP contribution < -0.4 is 11.3 Å². The number of nitrogens with zero attached hydrogens (tertiary/aromatic N) is 1. The first-order chi connectivity index (χ1) is 8.71. The van der Waals surface area contributed by atoms with E-state index >= 15 is 0 Å². The van der Waals surface area contributed by atoms with Gasteiger partial charge in [0.15, 0.2) is 0 Å². The second-order valence-electron chi connectivity index (χ2n) is 5.10. The number of aromatic nitrogens is 1. The zero-order chi connectivity index (χ0) is 13.4. The Morgan fingerprint density at radius 2 is 2.11 bits per heavy atom. The number of hydrogen-bond acceptors (Lipinski definition) is 3. The third-order valence-corrected chi connectivity index (χ3v) is 3.65. The van der Waals surface area contributed by atoms with Crippen LogP contribution in [0.25, 0.3) is 0 Å². The van der Waals surface area contributed by atoms with Crippen LogP contribution in [0.4, 0.5) is 0 Å². The van der Waals surface area contributed by atoms with Gasteiger partial charge in [-0.15, -0.1) is 0 Å². The van der Waals surface area contributed by atoms with Crippen molar-refractivity contribution in [2.24, 2.45) is 11.8 Å². The summed E-state index contributed by atoms with van der Waals surface area (Å²) in [5.41, 5.74) is 5.18. The van der Waals surface area contributed by atoms with Crippen molar-refractivity contribution in [1.82, 2.24) is 10.4 Å². The maximum Gasteiger partial charge on any atom is 0.0477 e. The third kappa shape index (κ3) is 4.75. The Labute approximate surface area is 111 Å². The molecule has 0 aliphatic heterocycles. The summed E-state index contributed by atoms with van der Waals surface area (Å²) in [5.74, 6) is 6.44. The maximum atomic E-state index is 5.70. The molecule has 2 atom stereocenters. The maximum absolute atomic E-state index is 5.70. The zero-order valence-electron chi connectivity index (χ0n) is 11.9. The molecule has 2 unspecified atom stereocenters. The van der Waals surface area contributed by atoms with Crippen LogP contribution in [0, 0.1) is 12.8 Å². The van der Waals surface area contributed by atoms with Crippen molar-refractivity contribution >= 4 is 0 Å². The zero-order valence-corrected chi connectivity index (χ0v) is 11.9. The molecule has 0 saturated heterocycles. The summed E-state index contributed by atoms with van der Waals surface area (Å²) < 4.78 is 0. The molecule has 0 saturated carbocycles. The molecule has 0 aromatic carbocycles. The van der Waals surface area contributed by atoms with Gasteiger partial charge in [0, 0.05) is 17.9 Å². The van der Waals surface area contributed by atoms with Gasteiger partial charge in [-0.1, -0.05) is 45.6 Å². The van der Waals surface area contributed by atoms with Crippen LogP contribution in [0.1, 0.15) is 63.3 Å². The van der Waals surface area contributed by atoms with Crippen LogP contribution in [0.15, 0.2) is 18.3 Å². The molecule has 0 aliphatic carbocycles. The number of nitrogens with two attached hydrogens (primary N) is 1. The normalized spacial score (nSPS) is 14.4. The highest BCUT2D eigenvalue weighted by Gasteiger charge is 2.15. The average molecular weight is 249 g/mol. The lowest BCUT2D eigenvalue weighted by atomic mass is 9.90. The fourth-order valence-corrected chi connectivity index (χ4v) is 2.30. The topological polar surface area (TPSA) is 50.9 Å². The van der Waals surface area contributed by atoms with Crippen LogP contribution in [0.3, 0.4) is 0 Å². The van der Waals surface area contributed by atoms with Gasteiger partial charge < -0.3 is 0 Å². The van der Waals surface area contributed by atoms with Gasteiger partial charge in [-0.3, -0.25) is 16.3 Å². The average Bonchev–Trinajstić information content (AvgIpc) is 2.40. The molecule has 0 radical (unpaired) electrons. The first-order valence-electron chi connectivity index (χ1n) is 7.09. The molecule has 1 rings (SSSR count). The van der Waals surface area contributed by atoms with E-state index in [0.717, 1.165) is 18.0 Å². The summed E-state index contributed by atoms with van der Waals surface area (Å²) in [6.45, 7) is 6.52. The lowest BCUT2D eigenvalue weighted by molar-refractivity contribution is 0.356. The molecule has 0 fully saturated rings. The predicted octanol–water partition coefficient (Wildman–Crippen LogP) is 3.50. The number of hydrogen-bond donors (Lipinski definition) is 2. The molecule has 102 valence electrons. The van der Waals surface area contributed by atoms with Gasteiger partial charge in [-0.25, -0.2) is 0 Å². The van der Waals surface area contributed by atoms with Crippen LogP contribution in [0.5, 0.6) is 0 Å². The molecule has 0 spiro atoms. The highest BCUT2D eigenvalue weighted by Crippen LogP contribution is 2.25. The summed E-state index contributed by atoms with van der Waals surface area (Å²) in [4.78, 5) is 4.35. The second-order valence-corrected chi connectivity index (χ2v) is 5.10. The summed E-state index contributed by atoms with van der Waals surface area (Å²) in [6, 6.07) is 4.39.